The van der Waals surface area contributed by atoms with E-state index in [4.69, 9.17) is 28.8 Å². The Kier molecular flexibility index (Phi) is 22.9. The molecule has 0 aliphatic carbocycles. The van der Waals surface area contributed by atoms with Crippen LogP contribution in [0.2, 0.25) is 0 Å². The van der Waals surface area contributed by atoms with Gasteiger partial charge >= 0.3 is 18.2 Å². The van der Waals surface area contributed by atoms with Crippen molar-refractivity contribution in [2.75, 3.05) is 66.9 Å². The van der Waals surface area contributed by atoms with Crippen LogP contribution in [0, 0.1) is 0 Å². The van der Waals surface area contributed by atoms with E-state index < -0.39 is 65.7 Å². The molecule has 6 N–H and O–H groups in total. The Labute approximate surface area is 357 Å². The maximum atomic E-state index is 13.9. The summed E-state index contributed by atoms with van der Waals surface area (Å²) < 4.78 is 30.9. The van der Waals surface area contributed by atoms with Crippen LogP contribution in [0.3, 0.4) is 0 Å². The topological polar surface area (TPSA) is 232 Å². The predicted molar refractivity (Wildman–Crippen MR) is 229 cm³/mol. The molecule has 1 heterocycles. The Hall–Kier alpha value is -5.27. The molecule has 2 unspecified atom stereocenters. The first-order chi connectivity index (χ1) is 28.3. The fourth-order valence-electron chi connectivity index (χ4n) is 5.39. The number of hydrogen-bond acceptors (Lipinski definition) is 14. The van der Waals surface area contributed by atoms with E-state index in [0.29, 0.717) is 33.8 Å². The molecular weight excluding hydrogens is 801 g/mol. The quantitative estimate of drug-likeness (QED) is 0.0733. The van der Waals surface area contributed by atoms with Gasteiger partial charge in [0.2, 0.25) is 17.7 Å². The number of carbonyl (C=O) groups excluding carboxylic acids is 6. The van der Waals surface area contributed by atoms with Crippen LogP contribution >= 0.6 is 11.9 Å². The molecule has 0 radical (unpaired) electrons. The third kappa shape index (κ3) is 18.3. The van der Waals surface area contributed by atoms with Gasteiger partial charge in [-0.2, -0.15) is 0 Å². The molecule has 0 spiro atoms. The monoisotopic (exact) mass is 864 g/mol. The number of rotatable bonds is 13. The van der Waals surface area contributed by atoms with Crippen molar-refractivity contribution in [2.24, 2.45) is 0 Å². The van der Waals surface area contributed by atoms with Gasteiger partial charge < -0.3 is 55.0 Å². The lowest BCUT2D eigenvalue weighted by Gasteiger charge is -2.29. The Morgan fingerprint density at radius 3 is 1.87 bits per heavy atom. The number of amides is 5. The van der Waals surface area contributed by atoms with Gasteiger partial charge in [-0.3, -0.25) is 19.1 Å². The summed E-state index contributed by atoms with van der Waals surface area (Å²) in [5.41, 5.74) is 0.486. The zero-order valence-corrected chi connectivity index (χ0v) is 37.7. The summed E-state index contributed by atoms with van der Waals surface area (Å²) in [6.07, 6.45) is 0.536. The third-order valence-electron chi connectivity index (χ3n) is 7.79. The lowest BCUT2D eigenvalue weighted by molar-refractivity contribution is -0.145. The van der Waals surface area contributed by atoms with Crippen molar-refractivity contribution in [3.63, 3.8) is 0 Å². The van der Waals surface area contributed by atoms with E-state index in [1.54, 1.807) is 84.2 Å². The molecule has 2 atom stereocenters. The second-order valence-electron chi connectivity index (χ2n) is 14.6. The van der Waals surface area contributed by atoms with Crippen LogP contribution in [0.1, 0.15) is 72.6 Å². The number of aliphatic hydroxyl groups is 1. The van der Waals surface area contributed by atoms with Crippen LogP contribution in [0.15, 0.2) is 36.4 Å². The highest BCUT2D eigenvalue weighted by molar-refractivity contribution is 7.96. The number of carbonyl (C=O) groups is 6. The van der Waals surface area contributed by atoms with Crippen LogP contribution < -0.4 is 35.5 Å². The molecule has 0 aromatic heterocycles. The molecule has 2 aromatic rings. The molecule has 336 valence electrons. The molecule has 18 nitrogen and oxygen atoms in total. The van der Waals surface area contributed by atoms with Crippen molar-refractivity contribution in [1.29, 1.82) is 0 Å². The van der Waals surface area contributed by atoms with E-state index in [1.165, 1.54) is 31.0 Å². The highest BCUT2D eigenvalue weighted by atomic mass is 32.2. The van der Waals surface area contributed by atoms with Gasteiger partial charge in [-0.25, -0.2) is 14.4 Å². The van der Waals surface area contributed by atoms with Crippen LogP contribution in [-0.2, 0) is 39.8 Å². The average molecular weight is 865 g/mol. The second kappa shape index (κ2) is 26.0. The zero-order valence-electron chi connectivity index (χ0n) is 36.9. The average Bonchev–Trinajstić information content (AvgIpc) is 3.19. The summed E-state index contributed by atoms with van der Waals surface area (Å²) in [6.45, 7) is 14.1. The van der Waals surface area contributed by atoms with E-state index in [9.17, 15) is 28.8 Å². The number of alkyl carbamates (subject to hydrolysis) is 2. The largest absolute Gasteiger partial charge is 0.491 e. The number of benzene rings is 2. The van der Waals surface area contributed by atoms with Gasteiger partial charge in [0.1, 0.15) is 48.0 Å². The van der Waals surface area contributed by atoms with Gasteiger partial charge in [0, 0.05) is 31.7 Å². The molecule has 19 heteroatoms. The van der Waals surface area contributed by atoms with Crippen molar-refractivity contribution >= 4 is 47.8 Å². The number of methoxy groups -OCH3 is 1. The van der Waals surface area contributed by atoms with Crippen molar-refractivity contribution in [1.82, 2.24) is 30.9 Å². The Bertz CT molecular complexity index is 1730. The molecule has 0 saturated heterocycles. The molecule has 1 aliphatic heterocycles. The molecule has 4 bridgehead atoms. The molecule has 60 heavy (non-hydrogen) atoms. The Balaban J connectivity index is 0.00000436. The standard InChI is InChI=1S/C38H54N6O11S.C2H6.CH4O/c1-37(2,3)54-35(49)39-14-16-52-28-12-10-23-18-25(28)26-20-24(11-13-29(26)53-17-15-40-36(50)55-38(4,5)6)32(44(7)31(46)22-42-56-9)33(47)41-21-30(45)43-27(19-23)34(48)51-8;2*1-2/h10-13,18,20,27,32,42H,14-17,19,21-22H2,1-9H3,(H,39,49)(H,40,50)(H,41,47)(H,43,45);1-2H3;2H,1H3. The highest BCUT2D eigenvalue weighted by Crippen LogP contribution is 2.40. The zero-order chi connectivity index (χ0) is 45.6. The number of esters is 1. The van der Waals surface area contributed by atoms with Crippen molar-refractivity contribution in [2.45, 2.75) is 85.1 Å². The van der Waals surface area contributed by atoms with Crippen molar-refractivity contribution < 1.29 is 57.6 Å². The normalized spacial score (nSPS) is 15.0. The summed E-state index contributed by atoms with van der Waals surface area (Å²) >= 11 is 1.24. The third-order valence-corrected chi connectivity index (χ3v) is 8.22. The first kappa shape index (κ1) is 52.7. The molecule has 3 rings (SSSR count). The Morgan fingerprint density at radius 2 is 1.37 bits per heavy atom. The SMILES string of the molecule is CC.CO.COC(=O)C1Cc2ccc(OCCNC(=O)OC(C)(C)C)c(c2)-c2cc(ccc2OCCNC(=O)OC(C)(C)C)C(N(C)C(=O)CNSC)C(=O)NCC(=O)N1. The maximum absolute atomic E-state index is 13.9. The van der Waals surface area contributed by atoms with Gasteiger partial charge in [0.05, 0.1) is 33.3 Å². The number of hydrogen-bond donors (Lipinski definition) is 6. The van der Waals surface area contributed by atoms with Crippen LogP contribution in [0.5, 0.6) is 11.5 Å². The van der Waals surface area contributed by atoms with Crippen molar-refractivity contribution in [3.05, 3.63) is 47.5 Å². The number of fused-ring (bicyclic) bond motifs is 5. The van der Waals surface area contributed by atoms with Crippen LogP contribution in [-0.4, -0.2) is 130 Å². The Morgan fingerprint density at radius 1 is 0.850 bits per heavy atom. The fourth-order valence-corrected chi connectivity index (χ4v) is 5.65. The van der Waals surface area contributed by atoms with E-state index in [1.807, 2.05) is 13.8 Å². The van der Waals surface area contributed by atoms with E-state index in [2.05, 4.69) is 26.0 Å². The molecule has 0 saturated carbocycles. The first-order valence-electron chi connectivity index (χ1n) is 19.4. The predicted octanol–water partition coefficient (Wildman–Crippen LogP) is 3.49. The summed E-state index contributed by atoms with van der Waals surface area (Å²) in [4.78, 5) is 79.0. The lowest BCUT2D eigenvalue weighted by Crippen LogP contribution is -2.49. The lowest BCUT2D eigenvalue weighted by atomic mass is 9.94. The van der Waals surface area contributed by atoms with E-state index >= 15 is 0 Å². The number of likely N-dealkylation sites (N-methyl/N-ethyl adjacent to an activating group) is 1. The van der Waals surface area contributed by atoms with E-state index in [0.717, 1.165) is 7.11 Å². The molecular formula is C41H64N6O12S. The van der Waals surface area contributed by atoms with Crippen LogP contribution in [0.25, 0.3) is 11.1 Å². The maximum Gasteiger partial charge on any atom is 0.407 e. The number of aliphatic hydroxyl groups excluding tert-OH is 1. The minimum Gasteiger partial charge on any atom is -0.491 e. The summed E-state index contributed by atoms with van der Waals surface area (Å²) in [5, 5.41) is 17.5. The van der Waals surface area contributed by atoms with Gasteiger partial charge in [0.25, 0.3) is 0 Å². The van der Waals surface area contributed by atoms with Gasteiger partial charge in [-0.15, -0.1) is 0 Å². The van der Waals surface area contributed by atoms with Crippen molar-refractivity contribution in [3.8, 4) is 22.6 Å². The van der Waals surface area contributed by atoms with E-state index in [-0.39, 0.29) is 39.3 Å². The summed E-state index contributed by atoms with van der Waals surface area (Å²) in [7, 11) is 3.68. The van der Waals surface area contributed by atoms with Gasteiger partial charge in [-0.1, -0.05) is 37.9 Å². The minimum absolute atomic E-state index is 0.0117. The van der Waals surface area contributed by atoms with Gasteiger partial charge in [0.15, 0.2) is 0 Å². The summed E-state index contributed by atoms with van der Waals surface area (Å²) in [5.74, 6) is -1.75. The smallest absolute Gasteiger partial charge is 0.407 e. The minimum atomic E-state index is -1.22. The van der Waals surface area contributed by atoms with Crippen LogP contribution in [0.4, 0.5) is 9.59 Å². The number of nitrogens with one attached hydrogen (secondary N) is 5. The fraction of sp³-hybridized carbons (Fsp3) is 0.561. The highest BCUT2D eigenvalue weighted by Gasteiger charge is 2.31. The second-order valence-corrected chi connectivity index (χ2v) is 15.3. The molecule has 1 aliphatic rings. The summed E-state index contributed by atoms with van der Waals surface area (Å²) in [6, 6.07) is 7.75. The number of ether oxygens (including phenoxy) is 5. The molecule has 0 fully saturated rings. The first-order valence-corrected chi connectivity index (χ1v) is 20.6. The molecule has 2 aromatic carbocycles. The van der Waals surface area contributed by atoms with Gasteiger partial charge in [-0.05, 0) is 83.2 Å². The number of nitrogens with zero attached hydrogens (tertiary/aromatic N) is 1. The molecule has 5 amide bonds.